The Morgan fingerprint density at radius 1 is 1.53 bits per heavy atom. The summed E-state index contributed by atoms with van der Waals surface area (Å²) in [5, 5.41) is 12.8. The van der Waals surface area contributed by atoms with E-state index in [-0.39, 0.29) is 0 Å². The van der Waals surface area contributed by atoms with Crippen molar-refractivity contribution in [1.82, 2.24) is 9.88 Å². The summed E-state index contributed by atoms with van der Waals surface area (Å²) in [5.41, 5.74) is 0.346. The van der Waals surface area contributed by atoms with E-state index >= 15 is 0 Å². The number of likely N-dealkylation sites (N-methyl/N-ethyl adjacent to an activating group) is 1. The Morgan fingerprint density at radius 2 is 2.24 bits per heavy atom. The zero-order valence-corrected chi connectivity index (χ0v) is 12.3. The number of aliphatic hydroxyl groups is 1. The first kappa shape index (κ1) is 14.9. The fraction of sp³-hybridized carbons (Fsp3) is 0.750. The first-order valence-electron chi connectivity index (χ1n) is 5.81. The predicted octanol–water partition coefficient (Wildman–Crippen LogP) is 2.52. The summed E-state index contributed by atoms with van der Waals surface area (Å²) in [6, 6.07) is 0. The lowest BCUT2D eigenvalue weighted by Gasteiger charge is -2.25. The Labute approximate surface area is 112 Å². The zero-order valence-electron chi connectivity index (χ0n) is 10.7. The molecule has 1 N–H and O–H groups in total. The highest BCUT2D eigenvalue weighted by molar-refractivity contribution is 7.09. The van der Waals surface area contributed by atoms with Crippen molar-refractivity contribution < 1.29 is 5.11 Å². The number of aryl methyl sites for hydroxylation is 1. The molecule has 1 heterocycles. The molecule has 3 nitrogen and oxygen atoms in total. The highest BCUT2D eigenvalue weighted by Gasteiger charge is 2.15. The fourth-order valence-electron chi connectivity index (χ4n) is 1.76. The Kier molecular flexibility index (Phi) is 5.86. The van der Waals surface area contributed by atoms with Crippen molar-refractivity contribution in [2.75, 3.05) is 20.1 Å². The lowest BCUT2D eigenvalue weighted by Crippen LogP contribution is -2.36. The lowest BCUT2D eigenvalue weighted by atomic mass is 10.1. The van der Waals surface area contributed by atoms with Gasteiger partial charge in [-0.1, -0.05) is 0 Å². The Hall–Kier alpha value is -0.160. The SMILES string of the molecule is CN(CCCc1nc(CCl)cs1)CC(C)(C)O. The van der Waals surface area contributed by atoms with Crippen LogP contribution in [0.4, 0.5) is 0 Å². The van der Waals surface area contributed by atoms with E-state index < -0.39 is 5.60 Å². The second kappa shape index (κ2) is 6.69. The first-order chi connectivity index (χ1) is 7.90. The molecular formula is C12H21ClN2OS. The van der Waals surface area contributed by atoms with Gasteiger partial charge in [0.2, 0.25) is 0 Å². The number of rotatable bonds is 7. The van der Waals surface area contributed by atoms with Gasteiger partial charge in [0.05, 0.1) is 22.2 Å². The van der Waals surface area contributed by atoms with Crippen LogP contribution in [-0.2, 0) is 12.3 Å². The van der Waals surface area contributed by atoms with Crippen molar-refractivity contribution in [2.24, 2.45) is 0 Å². The summed E-state index contributed by atoms with van der Waals surface area (Å²) in [6.07, 6.45) is 2.04. The fourth-order valence-corrected chi connectivity index (χ4v) is 2.83. The van der Waals surface area contributed by atoms with Crippen LogP contribution in [0, 0.1) is 0 Å². The molecular weight excluding hydrogens is 256 g/mol. The monoisotopic (exact) mass is 276 g/mol. The molecule has 1 rings (SSSR count). The van der Waals surface area contributed by atoms with Crippen LogP contribution in [0.25, 0.3) is 0 Å². The summed E-state index contributed by atoms with van der Waals surface area (Å²) in [7, 11) is 2.03. The van der Waals surface area contributed by atoms with Crippen LogP contribution in [0.5, 0.6) is 0 Å². The van der Waals surface area contributed by atoms with E-state index in [1.54, 1.807) is 11.3 Å². The Bertz CT molecular complexity index is 335. The number of hydrogen-bond acceptors (Lipinski definition) is 4. The number of halogens is 1. The second-order valence-electron chi connectivity index (χ2n) is 5.02. The molecule has 1 aromatic heterocycles. The molecule has 0 spiro atoms. The summed E-state index contributed by atoms with van der Waals surface area (Å²) < 4.78 is 0. The molecule has 17 heavy (non-hydrogen) atoms. The van der Waals surface area contributed by atoms with Gasteiger partial charge in [0.15, 0.2) is 0 Å². The van der Waals surface area contributed by atoms with E-state index in [1.807, 2.05) is 26.3 Å². The molecule has 0 atom stereocenters. The summed E-state index contributed by atoms with van der Waals surface area (Å²) in [6.45, 7) is 5.33. The van der Waals surface area contributed by atoms with Gasteiger partial charge < -0.3 is 10.0 Å². The number of nitrogens with zero attached hydrogens (tertiary/aromatic N) is 2. The molecule has 0 saturated carbocycles. The highest BCUT2D eigenvalue weighted by atomic mass is 35.5. The molecule has 0 aliphatic rings. The standard InChI is InChI=1S/C12H21ClN2OS/c1-12(2,16)9-15(3)6-4-5-11-14-10(7-13)8-17-11/h8,16H,4-7,9H2,1-3H3. The molecule has 1 aromatic rings. The van der Waals surface area contributed by atoms with Gasteiger partial charge in [-0.2, -0.15) is 0 Å². The Morgan fingerprint density at radius 3 is 2.76 bits per heavy atom. The van der Waals surface area contributed by atoms with E-state index in [1.165, 1.54) is 0 Å². The largest absolute Gasteiger partial charge is 0.389 e. The summed E-state index contributed by atoms with van der Waals surface area (Å²) in [4.78, 5) is 6.57. The average molecular weight is 277 g/mol. The van der Waals surface area contributed by atoms with Crippen molar-refractivity contribution in [2.45, 2.75) is 38.2 Å². The number of alkyl halides is 1. The van der Waals surface area contributed by atoms with Crippen LogP contribution in [0.15, 0.2) is 5.38 Å². The van der Waals surface area contributed by atoms with Crippen molar-refractivity contribution in [3.05, 3.63) is 16.1 Å². The topological polar surface area (TPSA) is 36.4 Å². The van der Waals surface area contributed by atoms with Gasteiger partial charge in [-0.15, -0.1) is 22.9 Å². The second-order valence-corrected chi connectivity index (χ2v) is 6.23. The molecule has 0 fully saturated rings. The van der Waals surface area contributed by atoms with Crippen LogP contribution < -0.4 is 0 Å². The van der Waals surface area contributed by atoms with Crippen LogP contribution in [0.1, 0.15) is 31.0 Å². The van der Waals surface area contributed by atoms with E-state index in [4.69, 9.17) is 11.6 Å². The minimum absolute atomic E-state index is 0.495. The first-order valence-corrected chi connectivity index (χ1v) is 7.22. The maximum atomic E-state index is 9.67. The molecule has 0 radical (unpaired) electrons. The molecule has 0 unspecified atom stereocenters. The minimum atomic E-state index is -0.623. The van der Waals surface area contributed by atoms with Gasteiger partial charge in [-0.3, -0.25) is 0 Å². The molecule has 5 heteroatoms. The van der Waals surface area contributed by atoms with Gasteiger partial charge in [0.1, 0.15) is 0 Å². The maximum absolute atomic E-state index is 9.67. The van der Waals surface area contributed by atoms with E-state index in [2.05, 4.69) is 9.88 Å². The molecule has 0 saturated heterocycles. The average Bonchev–Trinajstić information content (AvgIpc) is 2.63. The van der Waals surface area contributed by atoms with Crippen molar-refractivity contribution in [3.63, 3.8) is 0 Å². The molecule has 0 aliphatic heterocycles. The van der Waals surface area contributed by atoms with Crippen molar-refractivity contribution in [1.29, 1.82) is 0 Å². The third-order valence-corrected chi connectivity index (χ3v) is 3.55. The van der Waals surface area contributed by atoms with Gasteiger partial charge >= 0.3 is 0 Å². The van der Waals surface area contributed by atoms with Crippen LogP contribution >= 0.6 is 22.9 Å². The highest BCUT2D eigenvalue weighted by Crippen LogP contribution is 2.13. The molecule has 0 bridgehead atoms. The molecule has 98 valence electrons. The molecule has 0 amide bonds. The van der Waals surface area contributed by atoms with E-state index in [9.17, 15) is 5.11 Å². The van der Waals surface area contributed by atoms with Gasteiger partial charge in [0.25, 0.3) is 0 Å². The van der Waals surface area contributed by atoms with Gasteiger partial charge in [-0.25, -0.2) is 4.98 Å². The van der Waals surface area contributed by atoms with Crippen molar-refractivity contribution in [3.8, 4) is 0 Å². The smallest absolute Gasteiger partial charge is 0.0929 e. The summed E-state index contributed by atoms with van der Waals surface area (Å²) >= 11 is 7.38. The van der Waals surface area contributed by atoms with Gasteiger partial charge in [0, 0.05) is 18.3 Å². The number of hydrogen-bond donors (Lipinski definition) is 1. The minimum Gasteiger partial charge on any atom is -0.389 e. The maximum Gasteiger partial charge on any atom is 0.0929 e. The van der Waals surface area contributed by atoms with Crippen LogP contribution in [0.3, 0.4) is 0 Å². The normalized spacial score (nSPS) is 12.4. The lowest BCUT2D eigenvalue weighted by molar-refractivity contribution is 0.0444. The van der Waals surface area contributed by atoms with Crippen molar-refractivity contribution >= 4 is 22.9 Å². The number of aromatic nitrogens is 1. The van der Waals surface area contributed by atoms with Crippen LogP contribution in [-0.4, -0.2) is 40.7 Å². The third kappa shape index (κ3) is 6.36. The molecule has 0 aliphatic carbocycles. The number of thiazole rings is 1. The van der Waals surface area contributed by atoms with E-state index in [0.717, 1.165) is 30.1 Å². The Balaban J connectivity index is 2.23. The zero-order chi connectivity index (χ0) is 12.9. The molecule has 0 aromatic carbocycles. The van der Waals surface area contributed by atoms with Crippen LogP contribution in [0.2, 0.25) is 0 Å². The quantitative estimate of drug-likeness (QED) is 0.778. The summed E-state index contributed by atoms with van der Waals surface area (Å²) in [5.74, 6) is 0.495. The predicted molar refractivity (Wildman–Crippen MR) is 73.8 cm³/mol. The van der Waals surface area contributed by atoms with E-state index in [0.29, 0.717) is 12.4 Å². The third-order valence-electron chi connectivity index (χ3n) is 2.32. The van der Waals surface area contributed by atoms with Gasteiger partial charge in [-0.05, 0) is 33.9 Å².